The van der Waals surface area contributed by atoms with Gasteiger partial charge < -0.3 is 14.2 Å². The standard InChI is InChI=1S/C14H20O4/c1-9-7-11(16-4)12(17-5)8-10(9)14(2,3)13(15)18-6/h7-8H,1-6H3. The molecule has 4 nitrogen and oxygen atoms in total. The predicted octanol–water partition coefficient (Wildman–Crippen LogP) is 2.46. The summed E-state index contributed by atoms with van der Waals surface area (Å²) in [6.45, 7) is 5.59. The van der Waals surface area contributed by atoms with Crippen molar-refractivity contribution in [1.29, 1.82) is 0 Å². The first-order valence-corrected chi connectivity index (χ1v) is 5.70. The molecule has 4 heteroatoms. The van der Waals surface area contributed by atoms with E-state index in [0.717, 1.165) is 11.1 Å². The number of hydrogen-bond donors (Lipinski definition) is 0. The molecular weight excluding hydrogens is 232 g/mol. The number of aryl methyl sites for hydroxylation is 1. The third-order valence-electron chi connectivity index (χ3n) is 3.10. The van der Waals surface area contributed by atoms with Crippen LogP contribution in [0.2, 0.25) is 0 Å². The van der Waals surface area contributed by atoms with Crippen molar-refractivity contribution in [3.8, 4) is 11.5 Å². The third-order valence-corrected chi connectivity index (χ3v) is 3.10. The molecule has 0 amide bonds. The van der Waals surface area contributed by atoms with Gasteiger partial charge in [-0.2, -0.15) is 0 Å². The lowest BCUT2D eigenvalue weighted by Gasteiger charge is -2.25. The van der Waals surface area contributed by atoms with Crippen LogP contribution in [0.4, 0.5) is 0 Å². The highest BCUT2D eigenvalue weighted by atomic mass is 16.5. The summed E-state index contributed by atoms with van der Waals surface area (Å²) in [5, 5.41) is 0. The molecule has 18 heavy (non-hydrogen) atoms. The molecule has 0 aromatic heterocycles. The van der Waals surface area contributed by atoms with Crippen molar-refractivity contribution in [3.63, 3.8) is 0 Å². The molecule has 100 valence electrons. The third kappa shape index (κ3) is 2.42. The van der Waals surface area contributed by atoms with E-state index in [-0.39, 0.29) is 5.97 Å². The molecule has 0 saturated heterocycles. The number of carbonyl (C=O) groups is 1. The van der Waals surface area contributed by atoms with Gasteiger partial charge in [-0.1, -0.05) is 0 Å². The minimum atomic E-state index is -0.724. The Bertz CT molecular complexity index is 449. The van der Waals surface area contributed by atoms with Gasteiger partial charge in [0.05, 0.1) is 26.7 Å². The van der Waals surface area contributed by atoms with Crippen LogP contribution in [0.15, 0.2) is 12.1 Å². The molecule has 1 aromatic carbocycles. The number of esters is 1. The molecule has 1 rings (SSSR count). The molecule has 0 fully saturated rings. The van der Waals surface area contributed by atoms with Gasteiger partial charge in [-0.05, 0) is 44.0 Å². The Morgan fingerprint density at radius 2 is 1.56 bits per heavy atom. The molecule has 0 bridgehead atoms. The number of benzene rings is 1. The van der Waals surface area contributed by atoms with Gasteiger partial charge in [0.1, 0.15) is 0 Å². The summed E-state index contributed by atoms with van der Waals surface area (Å²) < 4.78 is 15.3. The maximum atomic E-state index is 11.8. The summed E-state index contributed by atoms with van der Waals surface area (Å²) in [7, 11) is 4.55. The van der Waals surface area contributed by atoms with Gasteiger partial charge >= 0.3 is 5.97 Å². The van der Waals surface area contributed by atoms with Crippen molar-refractivity contribution in [3.05, 3.63) is 23.3 Å². The monoisotopic (exact) mass is 252 g/mol. The fraction of sp³-hybridized carbons (Fsp3) is 0.500. The Hall–Kier alpha value is -1.71. The molecule has 0 heterocycles. The Kier molecular flexibility index (Phi) is 4.22. The van der Waals surface area contributed by atoms with E-state index in [0.29, 0.717) is 11.5 Å². The molecule has 0 aliphatic heterocycles. The average molecular weight is 252 g/mol. The average Bonchev–Trinajstić information content (AvgIpc) is 2.36. The van der Waals surface area contributed by atoms with Crippen LogP contribution in [0.25, 0.3) is 0 Å². The number of ether oxygens (including phenoxy) is 3. The second-order valence-electron chi connectivity index (χ2n) is 4.64. The summed E-state index contributed by atoms with van der Waals surface area (Å²) in [5.74, 6) is 0.979. The lowest BCUT2D eigenvalue weighted by atomic mass is 9.82. The van der Waals surface area contributed by atoms with Crippen LogP contribution in [0, 0.1) is 6.92 Å². The minimum absolute atomic E-state index is 0.280. The van der Waals surface area contributed by atoms with Crippen molar-refractivity contribution in [2.24, 2.45) is 0 Å². The van der Waals surface area contributed by atoms with Crippen LogP contribution in [-0.2, 0) is 14.9 Å². The number of carbonyl (C=O) groups excluding carboxylic acids is 1. The van der Waals surface area contributed by atoms with Gasteiger partial charge in [0, 0.05) is 0 Å². The summed E-state index contributed by atoms with van der Waals surface area (Å²) >= 11 is 0. The zero-order valence-corrected chi connectivity index (χ0v) is 11.8. The minimum Gasteiger partial charge on any atom is -0.493 e. The van der Waals surface area contributed by atoms with Crippen LogP contribution in [0.5, 0.6) is 11.5 Å². The van der Waals surface area contributed by atoms with E-state index >= 15 is 0 Å². The van der Waals surface area contributed by atoms with E-state index in [4.69, 9.17) is 14.2 Å². The second kappa shape index (κ2) is 5.29. The van der Waals surface area contributed by atoms with Gasteiger partial charge in [-0.25, -0.2) is 0 Å². The van der Waals surface area contributed by atoms with Crippen molar-refractivity contribution < 1.29 is 19.0 Å². The smallest absolute Gasteiger partial charge is 0.315 e. The molecule has 0 aliphatic carbocycles. The highest BCUT2D eigenvalue weighted by Crippen LogP contribution is 2.36. The summed E-state index contributed by atoms with van der Waals surface area (Å²) in [6.07, 6.45) is 0. The molecule has 0 spiro atoms. The van der Waals surface area contributed by atoms with Crippen molar-refractivity contribution >= 4 is 5.97 Å². The Morgan fingerprint density at radius 3 is 2.00 bits per heavy atom. The largest absolute Gasteiger partial charge is 0.493 e. The lowest BCUT2D eigenvalue weighted by Crippen LogP contribution is -2.31. The number of rotatable bonds is 4. The highest BCUT2D eigenvalue weighted by Gasteiger charge is 2.33. The van der Waals surface area contributed by atoms with Crippen molar-refractivity contribution in [2.45, 2.75) is 26.2 Å². The maximum absolute atomic E-state index is 11.8. The zero-order valence-electron chi connectivity index (χ0n) is 11.8. The topological polar surface area (TPSA) is 44.8 Å². The fourth-order valence-electron chi connectivity index (χ4n) is 2.02. The SMILES string of the molecule is COC(=O)C(C)(C)c1cc(OC)c(OC)cc1C. The van der Waals surface area contributed by atoms with Crippen molar-refractivity contribution in [1.82, 2.24) is 0 Å². The second-order valence-corrected chi connectivity index (χ2v) is 4.64. The first-order valence-electron chi connectivity index (χ1n) is 5.70. The maximum Gasteiger partial charge on any atom is 0.315 e. The van der Waals surface area contributed by atoms with Crippen LogP contribution >= 0.6 is 0 Å². The van der Waals surface area contributed by atoms with E-state index in [2.05, 4.69) is 0 Å². The van der Waals surface area contributed by atoms with Gasteiger partial charge in [0.2, 0.25) is 0 Å². The normalized spacial score (nSPS) is 11.0. The molecule has 0 atom stereocenters. The zero-order chi connectivity index (χ0) is 13.9. The summed E-state index contributed by atoms with van der Waals surface area (Å²) in [6, 6.07) is 3.68. The number of hydrogen-bond acceptors (Lipinski definition) is 4. The van der Waals surface area contributed by atoms with Gasteiger partial charge in [0.25, 0.3) is 0 Å². The first kappa shape index (κ1) is 14.4. The summed E-state index contributed by atoms with van der Waals surface area (Å²) in [5.41, 5.74) is 1.10. The fourth-order valence-corrected chi connectivity index (χ4v) is 2.02. The molecule has 0 unspecified atom stereocenters. The first-order chi connectivity index (χ1) is 8.38. The Morgan fingerprint density at radius 1 is 1.06 bits per heavy atom. The molecule has 0 saturated carbocycles. The quantitative estimate of drug-likeness (QED) is 0.772. The molecule has 1 aromatic rings. The van der Waals surface area contributed by atoms with Crippen molar-refractivity contribution in [2.75, 3.05) is 21.3 Å². The Balaban J connectivity index is 3.37. The lowest BCUT2D eigenvalue weighted by molar-refractivity contribution is -0.146. The number of methoxy groups -OCH3 is 3. The molecule has 0 N–H and O–H groups in total. The predicted molar refractivity (Wildman–Crippen MR) is 69.3 cm³/mol. The summed E-state index contributed by atoms with van der Waals surface area (Å²) in [4.78, 5) is 11.8. The van der Waals surface area contributed by atoms with E-state index in [1.165, 1.54) is 7.11 Å². The Labute approximate surface area is 108 Å². The van der Waals surface area contributed by atoms with Gasteiger partial charge in [-0.15, -0.1) is 0 Å². The van der Waals surface area contributed by atoms with E-state index in [1.807, 2.05) is 32.9 Å². The van der Waals surface area contributed by atoms with Gasteiger partial charge in [-0.3, -0.25) is 4.79 Å². The van der Waals surface area contributed by atoms with E-state index < -0.39 is 5.41 Å². The van der Waals surface area contributed by atoms with E-state index in [9.17, 15) is 4.79 Å². The van der Waals surface area contributed by atoms with Crippen LogP contribution < -0.4 is 9.47 Å². The molecular formula is C14H20O4. The van der Waals surface area contributed by atoms with E-state index in [1.54, 1.807) is 14.2 Å². The molecule has 0 aliphatic rings. The highest BCUT2D eigenvalue weighted by molar-refractivity contribution is 5.83. The van der Waals surface area contributed by atoms with Gasteiger partial charge in [0.15, 0.2) is 11.5 Å². The van der Waals surface area contributed by atoms with Crippen LogP contribution in [-0.4, -0.2) is 27.3 Å². The van der Waals surface area contributed by atoms with Crippen LogP contribution in [0.3, 0.4) is 0 Å². The van der Waals surface area contributed by atoms with Crippen LogP contribution in [0.1, 0.15) is 25.0 Å². The molecule has 0 radical (unpaired) electrons.